The summed E-state index contributed by atoms with van der Waals surface area (Å²) in [4.78, 5) is 13.0. The fourth-order valence-electron chi connectivity index (χ4n) is 0.975. The molecule has 0 heterocycles. The summed E-state index contributed by atoms with van der Waals surface area (Å²) in [5.74, 6) is 2.86. The molecule has 5 nitrogen and oxygen atoms in total. The van der Waals surface area contributed by atoms with E-state index in [1.807, 2.05) is 0 Å². The molecule has 0 aliphatic rings. The maximum Gasteiger partial charge on any atom is 0.338 e. The number of carbonyl (C=O) groups is 1. The van der Waals surface area contributed by atoms with E-state index in [-0.39, 0.29) is 6.54 Å². The van der Waals surface area contributed by atoms with Crippen LogP contribution in [0.2, 0.25) is 0 Å². The number of carboxylic acids is 1. The van der Waals surface area contributed by atoms with E-state index in [0.29, 0.717) is 5.56 Å². The Hall–Kier alpha value is -2.51. The number of hydrogen-bond donors (Lipinski definition) is 1. The maximum absolute atomic E-state index is 13.1. The molecule has 0 saturated carbocycles. The molecule has 0 aromatic heterocycles. The van der Waals surface area contributed by atoms with Crippen molar-refractivity contribution in [1.82, 2.24) is 0 Å². The highest BCUT2D eigenvalue weighted by Gasteiger charge is 2.09. The number of halogens is 1. The average molecular weight is 219 g/mol. The minimum Gasteiger partial charge on any atom is -0.478 e. The summed E-state index contributed by atoms with van der Waals surface area (Å²) in [5.41, 5.74) is 7.90. The van der Waals surface area contributed by atoms with E-state index in [1.54, 1.807) is 0 Å². The first kappa shape index (κ1) is 11.6. The number of aromatic carboxylic acids is 1. The molecule has 0 bridgehead atoms. The molecule has 0 spiro atoms. The van der Waals surface area contributed by atoms with Gasteiger partial charge in [0.1, 0.15) is 5.82 Å². The molecular weight excluding hydrogens is 213 g/mol. The van der Waals surface area contributed by atoms with Gasteiger partial charge in [0.2, 0.25) is 0 Å². The van der Waals surface area contributed by atoms with Crippen LogP contribution >= 0.6 is 0 Å². The predicted molar refractivity (Wildman–Crippen MR) is 54.3 cm³/mol. The molecule has 0 radical (unpaired) electrons. The topological polar surface area (TPSA) is 86.1 Å². The van der Waals surface area contributed by atoms with E-state index in [2.05, 4.69) is 21.9 Å². The van der Waals surface area contributed by atoms with Crippen LogP contribution in [-0.2, 0) is 0 Å². The number of hydrogen-bond acceptors (Lipinski definition) is 2. The van der Waals surface area contributed by atoms with Gasteiger partial charge < -0.3 is 5.11 Å². The van der Waals surface area contributed by atoms with Crippen LogP contribution in [0.25, 0.3) is 10.4 Å². The number of nitrogens with zero attached hydrogens (tertiary/aromatic N) is 3. The van der Waals surface area contributed by atoms with Crippen LogP contribution in [0.15, 0.2) is 23.3 Å². The Morgan fingerprint density at radius 1 is 1.62 bits per heavy atom. The van der Waals surface area contributed by atoms with Crippen molar-refractivity contribution in [2.24, 2.45) is 5.11 Å². The van der Waals surface area contributed by atoms with Crippen molar-refractivity contribution in [2.75, 3.05) is 6.54 Å². The van der Waals surface area contributed by atoms with Gasteiger partial charge in [0, 0.05) is 10.5 Å². The Labute approximate surface area is 90.1 Å². The first-order valence-corrected chi connectivity index (χ1v) is 4.17. The van der Waals surface area contributed by atoms with E-state index in [0.717, 1.165) is 12.1 Å². The predicted octanol–water partition coefficient (Wildman–Crippen LogP) is 2.19. The molecule has 1 aromatic carbocycles. The van der Waals surface area contributed by atoms with Crippen LogP contribution in [0.1, 0.15) is 15.9 Å². The molecule has 1 N–H and O–H groups in total. The molecular formula is C10H6FN3O2. The Bertz CT molecular complexity index is 525. The van der Waals surface area contributed by atoms with Crippen LogP contribution in [-0.4, -0.2) is 17.6 Å². The third-order valence-corrected chi connectivity index (χ3v) is 1.65. The second kappa shape index (κ2) is 5.39. The van der Waals surface area contributed by atoms with Crippen molar-refractivity contribution in [3.8, 4) is 11.8 Å². The molecule has 0 saturated heterocycles. The third-order valence-electron chi connectivity index (χ3n) is 1.65. The largest absolute Gasteiger partial charge is 0.478 e. The van der Waals surface area contributed by atoms with Gasteiger partial charge in [0.25, 0.3) is 0 Å². The minimum atomic E-state index is -1.33. The molecule has 6 heteroatoms. The van der Waals surface area contributed by atoms with Gasteiger partial charge in [-0.2, -0.15) is 0 Å². The monoisotopic (exact) mass is 219 g/mol. The van der Waals surface area contributed by atoms with Gasteiger partial charge in [-0.3, -0.25) is 0 Å². The number of carboxylic acid groups (broad SMARTS) is 1. The van der Waals surface area contributed by atoms with E-state index >= 15 is 0 Å². The third kappa shape index (κ3) is 3.01. The normalized spacial score (nSPS) is 8.56. The molecule has 0 fully saturated rings. The van der Waals surface area contributed by atoms with Crippen molar-refractivity contribution in [2.45, 2.75) is 0 Å². The summed E-state index contributed by atoms with van der Waals surface area (Å²) in [7, 11) is 0. The summed E-state index contributed by atoms with van der Waals surface area (Å²) < 4.78 is 13.1. The second-order valence-corrected chi connectivity index (χ2v) is 2.69. The van der Waals surface area contributed by atoms with Crippen molar-refractivity contribution < 1.29 is 14.3 Å². The summed E-state index contributed by atoms with van der Waals surface area (Å²) in [6.45, 7) is -0.0151. The van der Waals surface area contributed by atoms with E-state index in [1.165, 1.54) is 6.07 Å². The van der Waals surface area contributed by atoms with Gasteiger partial charge >= 0.3 is 5.97 Å². The zero-order valence-electron chi connectivity index (χ0n) is 8.01. The first-order chi connectivity index (χ1) is 7.65. The van der Waals surface area contributed by atoms with Gasteiger partial charge in [0.15, 0.2) is 0 Å². The van der Waals surface area contributed by atoms with Crippen LogP contribution in [0.5, 0.6) is 0 Å². The van der Waals surface area contributed by atoms with E-state index in [4.69, 9.17) is 10.6 Å². The molecule has 1 aromatic rings. The van der Waals surface area contributed by atoms with Gasteiger partial charge in [-0.15, -0.1) is 0 Å². The fourth-order valence-corrected chi connectivity index (χ4v) is 0.975. The second-order valence-electron chi connectivity index (χ2n) is 2.69. The minimum absolute atomic E-state index is 0.0151. The lowest BCUT2D eigenvalue weighted by molar-refractivity contribution is 0.0692. The molecule has 0 unspecified atom stereocenters. The van der Waals surface area contributed by atoms with Crippen LogP contribution in [0, 0.1) is 17.7 Å². The Balaban J connectivity index is 2.92. The average Bonchev–Trinajstić information content (AvgIpc) is 2.24. The lowest BCUT2D eigenvalue weighted by Crippen LogP contribution is -2.00. The number of azide groups is 1. The highest BCUT2D eigenvalue weighted by atomic mass is 19.1. The van der Waals surface area contributed by atoms with Crippen molar-refractivity contribution in [3.63, 3.8) is 0 Å². The molecule has 0 aliphatic carbocycles. The standard InChI is InChI=1S/C10H6FN3O2/c11-9-6-7(2-1-5-13-14-12)3-4-8(9)10(15)16/h3-4,6H,5H2,(H,15,16). The zero-order chi connectivity index (χ0) is 12.0. The Morgan fingerprint density at radius 2 is 2.38 bits per heavy atom. The lowest BCUT2D eigenvalue weighted by atomic mass is 10.1. The molecule has 16 heavy (non-hydrogen) atoms. The van der Waals surface area contributed by atoms with E-state index in [9.17, 15) is 9.18 Å². The summed E-state index contributed by atoms with van der Waals surface area (Å²) in [5, 5.41) is 11.7. The Kier molecular flexibility index (Phi) is 3.90. The fraction of sp³-hybridized carbons (Fsp3) is 0.100. The van der Waals surface area contributed by atoms with Crippen LogP contribution in [0.4, 0.5) is 4.39 Å². The maximum atomic E-state index is 13.1. The smallest absolute Gasteiger partial charge is 0.338 e. The highest BCUT2D eigenvalue weighted by molar-refractivity contribution is 5.88. The van der Waals surface area contributed by atoms with E-state index < -0.39 is 17.3 Å². The van der Waals surface area contributed by atoms with Gasteiger partial charge in [-0.05, 0) is 23.7 Å². The molecule has 0 amide bonds. The van der Waals surface area contributed by atoms with Crippen LogP contribution in [0.3, 0.4) is 0 Å². The van der Waals surface area contributed by atoms with Gasteiger partial charge in [-0.1, -0.05) is 17.0 Å². The SMILES string of the molecule is [N-]=[N+]=NCC#Cc1ccc(C(=O)O)c(F)c1. The first-order valence-electron chi connectivity index (χ1n) is 4.17. The quantitative estimate of drug-likeness (QED) is 0.357. The van der Waals surface area contributed by atoms with Crippen molar-refractivity contribution in [1.29, 1.82) is 0 Å². The molecule has 0 atom stereocenters. The number of rotatable bonds is 2. The van der Waals surface area contributed by atoms with Gasteiger partial charge in [-0.25, -0.2) is 9.18 Å². The number of benzene rings is 1. The van der Waals surface area contributed by atoms with Crippen molar-refractivity contribution in [3.05, 3.63) is 45.6 Å². The zero-order valence-corrected chi connectivity index (χ0v) is 8.01. The summed E-state index contributed by atoms with van der Waals surface area (Å²) in [6.07, 6.45) is 0. The Morgan fingerprint density at radius 3 is 2.94 bits per heavy atom. The molecule has 0 aliphatic heterocycles. The lowest BCUT2D eigenvalue weighted by Gasteiger charge is -1.96. The van der Waals surface area contributed by atoms with Crippen molar-refractivity contribution >= 4 is 5.97 Å². The van der Waals surface area contributed by atoms with Crippen LogP contribution < -0.4 is 0 Å². The summed E-state index contributed by atoms with van der Waals surface area (Å²) in [6, 6.07) is 3.54. The summed E-state index contributed by atoms with van der Waals surface area (Å²) >= 11 is 0. The van der Waals surface area contributed by atoms with Gasteiger partial charge in [0.05, 0.1) is 12.1 Å². The highest BCUT2D eigenvalue weighted by Crippen LogP contribution is 2.09. The molecule has 1 rings (SSSR count). The molecule has 80 valence electrons.